The van der Waals surface area contributed by atoms with E-state index in [1.165, 1.54) is 4.88 Å². The molecule has 1 atom stereocenters. The summed E-state index contributed by atoms with van der Waals surface area (Å²) >= 11 is 1.70. The molecule has 0 aliphatic carbocycles. The van der Waals surface area contributed by atoms with Gasteiger partial charge in [-0.2, -0.15) is 0 Å². The largest absolute Gasteiger partial charge is 0.379 e. The van der Waals surface area contributed by atoms with Gasteiger partial charge in [0, 0.05) is 36.6 Å². The van der Waals surface area contributed by atoms with Crippen molar-refractivity contribution in [3.63, 3.8) is 0 Å². The highest BCUT2D eigenvalue weighted by Crippen LogP contribution is 2.25. The van der Waals surface area contributed by atoms with Gasteiger partial charge in [-0.05, 0) is 29.1 Å². The monoisotopic (exact) mass is 388 g/mol. The van der Waals surface area contributed by atoms with Crippen molar-refractivity contribution in [2.75, 3.05) is 32.8 Å². The fraction of sp³-hybridized carbons (Fsp3) is 0.368. The van der Waals surface area contributed by atoms with Crippen LogP contribution in [0.2, 0.25) is 0 Å². The average molecular weight is 388 g/mol. The molecule has 144 valence electrons. The van der Waals surface area contributed by atoms with Crippen molar-refractivity contribution in [1.29, 1.82) is 0 Å². The van der Waals surface area contributed by atoms with Crippen LogP contribution in [0.3, 0.4) is 0 Å². The van der Waals surface area contributed by atoms with Crippen molar-refractivity contribution in [3.05, 3.63) is 57.8 Å². The summed E-state index contributed by atoms with van der Waals surface area (Å²) in [4.78, 5) is 26.9. The number of carbonyl (C=O) groups is 2. The third kappa shape index (κ3) is 5.53. The van der Waals surface area contributed by atoms with Gasteiger partial charge in [0.1, 0.15) is 0 Å². The average Bonchev–Trinajstić information content (AvgIpc) is 3.22. The van der Waals surface area contributed by atoms with Crippen molar-refractivity contribution >= 4 is 23.3 Å². The standard InChI is InChI=1S/C19H24N4O3S/c20-19(25)22-12-14-3-5-15(6-4-14)18(24)21-13-16(17-2-1-11-27-17)23-7-9-26-10-8-23/h1-6,11,16H,7-10,12-13H2,(H,21,24)(H3,20,22,25)/t16-/m0/s1. The van der Waals surface area contributed by atoms with Gasteiger partial charge in [0.2, 0.25) is 0 Å². The molecular formula is C19H24N4O3S. The van der Waals surface area contributed by atoms with Crippen molar-refractivity contribution < 1.29 is 14.3 Å². The van der Waals surface area contributed by atoms with E-state index in [2.05, 4.69) is 27.0 Å². The zero-order valence-corrected chi connectivity index (χ0v) is 15.8. The predicted molar refractivity (Wildman–Crippen MR) is 105 cm³/mol. The van der Waals surface area contributed by atoms with Crippen molar-refractivity contribution in [1.82, 2.24) is 15.5 Å². The Morgan fingerprint density at radius 3 is 2.52 bits per heavy atom. The van der Waals surface area contributed by atoms with E-state index in [-0.39, 0.29) is 11.9 Å². The van der Waals surface area contributed by atoms with Gasteiger partial charge in [0.15, 0.2) is 0 Å². The van der Waals surface area contributed by atoms with Crippen molar-refractivity contribution in [2.24, 2.45) is 5.73 Å². The molecule has 8 heteroatoms. The molecule has 0 spiro atoms. The highest BCUT2D eigenvalue weighted by atomic mass is 32.1. The highest BCUT2D eigenvalue weighted by Gasteiger charge is 2.24. The fourth-order valence-corrected chi connectivity index (χ4v) is 3.90. The van der Waals surface area contributed by atoms with Gasteiger partial charge < -0.3 is 21.1 Å². The van der Waals surface area contributed by atoms with Crippen LogP contribution >= 0.6 is 11.3 Å². The Labute approximate surface area is 162 Å². The van der Waals surface area contributed by atoms with E-state index in [4.69, 9.17) is 10.5 Å². The van der Waals surface area contributed by atoms with Gasteiger partial charge in [0.05, 0.1) is 19.3 Å². The molecule has 1 fully saturated rings. The van der Waals surface area contributed by atoms with Gasteiger partial charge in [-0.25, -0.2) is 4.79 Å². The number of nitrogens with one attached hydrogen (secondary N) is 2. The van der Waals surface area contributed by atoms with Crippen LogP contribution in [0.5, 0.6) is 0 Å². The Balaban J connectivity index is 1.59. The Hall–Kier alpha value is -2.42. The molecule has 1 aliphatic heterocycles. The lowest BCUT2D eigenvalue weighted by Crippen LogP contribution is -2.43. The summed E-state index contributed by atoms with van der Waals surface area (Å²) in [5.74, 6) is -0.112. The van der Waals surface area contributed by atoms with Crippen LogP contribution in [-0.4, -0.2) is 49.7 Å². The Morgan fingerprint density at radius 2 is 1.89 bits per heavy atom. The number of morpholine rings is 1. The van der Waals surface area contributed by atoms with Crippen LogP contribution in [-0.2, 0) is 11.3 Å². The molecule has 0 radical (unpaired) electrons. The van der Waals surface area contributed by atoms with E-state index < -0.39 is 6.03 Å². The number of hydrogen-bond acceptors (Lipinski definition) is 5. The minimum atomic E-state index is -0.570. The van der Waals surface area contributed by atoms with Gasteiger partial charge in [-0.3, -0.25) is 9.69 Å². The van der Waals surface area contributed by atoms with Crippen molar-refractivity contribution in [2.45, 2.75) is 12.6 Å². The third-order valence-corrected chi connectivity index (χ3v) is 5.47. The van der Waals surface area contributed by atoms with E-state index in [0.29, 0.717) is 18.7 Å². The number of carbonyl (C=O) groups excluding carboxylic acids is 2. The normalized spacial score (nSPS) is 15.9. The lowest BCUT2D eigenvalue weighted by atomic mass is 10.1. The van der Waals surface area contributed by atoms with E-state index in [9.17, 15) is 9.59 Å². The molecule has 1 aliphatic rings. The first-order valence-electron chi connectivity index (χ1n) is 8.89. The molecule has 7 nitrogen and oxygen atoms in total. The third-order valence-electron chi connectivity index (χ3n) is 4.50. The number of thiophene rings is 1. The molecule has 0 bridgehead atoms. The van der Waals surface area contributed by atoms with Crippen LogP contribution < -0.4 is 16.4 Å². The van der Waals surface area contributed by atoms with Gasteiger partial charge in [-0.15, -0.1) is 11.3 Å². The second-order valence-electron chi connectivity index (χ2n) is 6.30. The highest BCUT2D eigenvalue weighted by molar-refractivity contribution is 7.10. The zero-order chi connectivity index (χ0) is 19.1. The molecular weight excluding hydrogens is 364 g/mol. The summed E-state index contributed by atoms with van der Waals surface area (Å²) in [5.41, 5.74) is 6.53. The number of nitrogens with two attached hydrogens (primary N) is 1. The van der Waals surface area contributed by atoms with Crippen LogP contribution in [0.4, 0.5) is 4.79 Å². The van der Waals surface area contributed by atoms with Gasteiger partial charge >= 0.3 is 6.03 Å². The van der Waals surface area contributed by atoms with Crippen molar-refractivity contribution in [3.8, 4) is 0 Å². The molecule has 0 saturated carbocycles. The van der Waals surface area contributed by atoms with Crippen LogP contribution in [0.15, 0.2) is 41.8 Å². The maximum absolute atomic E-state index is 12.5. The molecule has 1 saturated heterocycles. The fourth-order valence-electron chi connectivity index (χ4n) is 3.03. The quantitative estimate of drug-likeness (QED) is 0.673. The summed E-state index contributed by atoms with van der Waals surface area (Å²) in [6, 6.07) is 10.8. The smallest absolute Gasteiger partial charge is 0.312 e. The van der Waals surface area contributed by atoms with E-state index in [0.717, 1.165) is 31.9 Å². The first-order valence-corrected chi connectivity index (χ1v) is 9.77. The topological polar surface area (TPSA) is 96.7 Å². The predicted octanol–water partition coefficient (Wildman–Crippen LogP) is 1.72. The molecule has 1 aromatic heterocycles. The number of primary amides is 1. The van der Waals surface area contributed by atoms with Gasteiger partial charge in [0.25, 0.3) is 5.91 Å². The summed E-state index contributed by atoms with van der Waals surface area (Å²) in [6.45, 7) is 4.05. The van der Waals surface area contributed by atoms with Crippen LogP contribution in [0.25, 0.3) is 0 Å². The number of amides is 3. The number of hydrogen-bond donors (Lipinski definition) is 3. The number of rotatable bonds is 7. The number of urea groups is 1. The maximum Gasteiger partial charge on any atom is 0.312 e. The molecule has 2 heterocycles. The maximum atomic E-state index is 12.5. The van der Waals surface area contributed by atoms with E-state index >= 15 is 0 Å². The minimum absolute atomic E-state index is 0.112. The number of nitrogens with zero attached hydrogens (tertiary/aromatic N) is 1. The minimum Gasteiger partial charge on any atom is -0.379 e. The Morgan fingerprint density at radius 1 is 1.15 bits per heavy atom. The first-order chi connectivity index (χ1) is 13.1. The first kappa shape index (κ1) is 19.3. The molecule has 2 aromatic rings. The summed E-state index contributed by atoms with van der Waals surface area (Å²) in [5, 5.41) is 7.64. The molecule has 0 unspecified atom stereocenters. The molecule has 27 heavy (non-hydrogen) atoms. The second kappa shape index (κ2) is 9.50. The van der Waals surface area contributed by atoms with Crippen LogP contribution in [0.1, 0.15) is 26.8 Å². The molecule has 1 aromatic carbocycles. The molecule has 3 rings (SSSR count). The van der Waals surface area contributed by atoms with E-state index in [1.54, 1.807) is 23.5 Å². The lowest BCUT2D eigenvalue weighted by molar-refractivity contribution is 0.0169. The Kier molecular flexibility index (Phi) is 6.80. The van der Waals surface area contributed by atoms with Gasteiger partial charge in [-0.1, -0.05) is 18.2 Å². The lowest BCUT2D eigenvalue weighted by Gasteiger charge is -2.34. The number of benzene rings is 1. The number of ether oxygens (including phenoxy) is 1. The summed E-state index contributed by atoms with van der Waals surface area (Å²) in [6.07, 6.45) is 0. The Bertz CT molecular complexity index is 743. The summed E-state index contributed by atoms with van der Waals surface area (Å²) in [7, 11) is 0. The molecule has 4 N–H and O–H groups in total. The SMILES string of the molecule is NC(=O)NCc1ccc(C(=O)NC[C@@H](c2cccs2)N2CCOCC2)cc1. The van der Waals surface area contributed by atoms with E-state index in [1.807, 2.05) is 18.2 Å². The molecule has 3 amide bonds. The zero-order valence-electron chi connectivity index (χ0n) is 15.0. The second-order valence-corrected chi connectivity index (χ2v) is 7.28. The van der Waals surface area contributed by atoms with Crippen LogP contribution in [0, 0.1) is 0 Å². The summed E-state index contributed by atoms with van der Waals surface area (Å²) < 4.78 is 5.45.